The summed E-state index contributed by atoms with van der Waals surface area (Å²) in [6.45, 7) is 6.87. The highest BCUT2D eigenvalue weighted by Gasteiger charge is 2.25. The van der Waals surface area contributed by atoms with E-state index in [-0.39, 0.29) is 48.0 Å². The first-order valence-electron chi connectivity index (χ1n) is 18.0. The van der Waals surface area contributed by atoms with Crippen molar-refractivity contribution in [1.82, 2.24) is 5.32 Å². The molecule has 0 saturated carbocycles. The second-order valence-corrected chi connectivity index (χ2v) is 16.3. The number of aliphatic hydroxyl groups is 1. The highest BCUT2D eigenvalue weighted by Crippen LogP contribution is 2.28. The van der Waals surface area contributed by atoms with Gasteiger partial charge in [0, 0.05) is 37.1 Å². The molecule has 7 nitrogen and oxygen atoms in total. The molecule has 51 heavy (non-hydrogen) atoms. The lowest BCUT2D eigenvalue weighted by atomic mass is 9.89. The number of nitrogens with zero attached hydrogens (tertiary/aromatic N) is 1. The number of carbonyl (C=O) groups excluding carboxylic acids is 2. The molecule has 0 aliphatic carbocycles. The van der Waals surface area contributed by atoms with Crippen molar-refractivity contribution in [2.75, 3.05) is 24.2 Å². The number of aliphatic hydroxyl groups excluding tert-OH is 1. The summed E-state index contributed by atoms with van der Waals surface area (Å²) >= 11 is 0. The van der Waals surface area contributed by atoms with E-state index in [1.807, 2.05) is 97.9 Å². The van der Waals surface area contributed by atoms with Crippen molar-refractivity contribution < 1.29 is 23.1 Å². The maximum absolute atomic E-state index is 14.2. The highest BCUT2D eigenvalue weighted by molar-refractivity contribution is 7.92. The fraction of sp³-hybridized carbons (Fsp3) is 0.395. The fourth-order valence-electron chi connectivity index (χ4n) is 6.46. The molecule has 0 aromatic heterocycles. The van der Waals surface area contributed by atoms with Crippen molar-refractivity contribution in [2.24, 2.45) is 11.8 Å². The van der Waals surface area contributed by atoms with Gasteiger partial charge >= 0.3 is 0 Å². The predicted octanol–water partition coefficient (Wildman–Crippen LogP) is 8.41. The Hall–Kier alpha value is -4.11. The van der Waals surface area contributed by atoms with E-state index in [1.165, 1.54) is 7.05 Å². The van der Waals surface area contributed by atoms with Gasteiger partial charge in [0.05, 0.1) is 18.0 Å². The van der Waals surface area contributed by atoms with Crippen LogP contribution in [0.1, 0.15) is 102 Å². The van der Waals surface area contributed by atoms with Gasteiger partial charge in [0.1, 0.15) is 0 Å². The molecule has 0 fully saturated rings. The second-order valence-electron chi connectivity index (χ2n) is 14.3. The molecule has 1 unspecified atom stereocenters. The summed E-state index contributed by atoms with van der Waals surface area (Å²) in [6, 6.07) is 34.0. The van der Waals surface area contributed by atoms with Crippen LogP contribution in [-0.2, 0) is 16.4 Å². The Labute approximate surface area is 305 Å². The largest absolute Gasteiger partial charge is 0.387 e. The molecule has 0 amide bonds. The summed E-state index contributed by atoms with van der Waals surface area (Å²) in [5, 5.41) is 15.1. The number of ketones is 2. The molecule has 0 saturated heterocycles. The van der Waals surface area contributed by atoms with Crippen LogP contribution in [0.3, 0.4) is 0 Å². The van der Waals surface area contributed by atoms with E-state index in [0.29, 0.717) is 30.0 Å². The van der Waals surface area contributed by atoms with Crippen LogP contribution in [0.25, 0.3) is 0 Å². The van der Waals surface area contributed by atoms with E-state index < -0.39 is 16.1 Å². The molecule has 0 heterocycles. The summed E-state index contributed by atoms with van der Waals surface area (Å²) in [4.78, 5) is 27.8. The average Bonchev–Trinajstić information content (AvgIpc) is 3.12. The molecular formula is C43H54N2O5S. The smallest absolute Gasteiger partial charge is 0.231 e. The van der Waals surface area contributed by atoms with Crippen LogP contribution < -0.4 is 9.62 Å². The minimum absolute atomic E-state index is 0.0600. The van der Waals surface area contributed by atoms with Crippen molar-refractivity contribution in [3.63, 3.8) is 0 Å². The van der Waals surface area contributed by atoms with E-state index in [4.69, 9.17) is 0 Å². The number of benzene rings is 4. The average molecular weight is 711 g/mol. The Morgan fingerprint density at radius 3 is 1.82 bits per heavy atom. The summed E-state index contributed by atoms with van der Waals surface area (Å²) in [5.41, 5.74) is 3.85. The molecular weight excluding hydrogens is 657 g/mol. The molecule has 2 N–H and O–H groups in total. The maximum atomic E-state index is 14.2. The molecule has 4 aromatic rings. The zero-order valence-corrected chi connectivity index (χ0v) is 31.5. The van der Waals surface area contributed by atoms with Crippen LogP contribution in [-0.4, -0.2) is 51.0 Å². The summed E-state index contributed by atoms with van der Waals surface area (Å²) in [5.74, 6) is 0.0235. The van der Waals surface area contributed by atoms with Crippen LogP contribution in [0.4, 0.5) is 5.69 Å². The first-order valence-corrected chi connectivity index (χ1v) is 19.9. The Morgan fingerprint density at radius 1 is 0.745 bits per heavy atom. The van der Waals surface area contributed by atoms with Gasteiger partial charge in [-0.3, -0.25) is 13.9 Å². The van der Waals surface area contributed by atoms with Gasteiger partial charge < -0.3 is 10.4 Å². The number of sulfonamides is 1. The normalized spacial score (nSPS) is 14.1. The lowest BCUT2D eigenvalue weighted by Gasteiger charge is -2.28. The monoisotopic (exact) mass is 710 g/mol. The molecule has 0 radical (unpaired) electrons. The van der Waals surface area contributed by atoms with Crippen LogP contribution in [0.2, 0.25) is 0 Å². The van der Waals surface area contributed by atoms with Crippen LogP contribution in [0.15, 0.2) is 109 Å². The topological polar surface area (TPSA) is 104 Å². The predicted molar refractivity (Wildman–Crippen MR) is 208 cm³/mol. The first kappa shape index (κ1) is 39.7. The van der Waals surface area contributed by atoms with Crippen LogP contribution >= 0.6 is 0 Å². The van der Waals surface area contributed by atoms with Gasteiger partial charge in [-0.25, -0.2) is 8.42 Å². The Balaban J connectivity index is 1.61. The van der Waals surface area contributed by atoms with Gasteiger partial charge in [0.25, 0.3) is 0 Å². The molecule has 4 rings (SSSR count). The molecule has 8 heteroatoms. The molecule has 0 aliphatic heterocycles. The third-order valence-electron chi connectivity index (χ3n) is 9.61. The number of hydrogen-bond donors (Lipinski definition) is 2. The third kappa shape index (κ3) is 12.3. The van der Waals surface area contributed by atoms with Gasteiger partial charge in [-0.15, -0.1) is 0 Å². The lowest BCUT2D eigenvalue weighted by Crippen LogP contribution is -2.39. The fourth-order valence-corrected chi connectivity index (χ4v) is 6.95. The Morgan fingerprint density at radius 2 is 1.27 bits per heavy atom. The zero-order valence-electron chi connectivity index (χ0n) is 30.7. The van der Waals surface area contributed by atoms with Crippen molar-refractivity contribution in [1.29, 1.82) is 0 Å². The number of Topliss-reactive ketones (excluding diaryl/α,β-unsaturated/α-hetero) is 2. The molecule has 0 bridgehead atoms. The Bertz CT molecular complexity index is 1800. The molecule has 0 aliphatic rings. The zero-order chi connectivity index (χ0) is 37.0. The molecule has 4 aromatic carbocycles. The number of rotatable bonds is 20. The molecule has 0 spiro atoms. The van der Waals surface area contributed by atoms with Crippen LogP contribution in [0, 0.1) is 11.8 Å². The minimum atomic E-state index is -3.66. The second kappa shape index (κ2) is 18.9. The highest BCUT2D eigenvalue weighted by atomic mass is 32.2. The lowest BCUT2D eigenvalue weighted by molar-refractivity contribution is 0.0949. The number of carbonyl (C=O) groups is 2. The quantitative estimate of drug-likeness (QED) is 0.0894. The number of anilines is 1. The van der Waals surface area contributed by atoms with E-state index in [0.717, 1.165) is 46.5 Å². The van der Waals surface area contributed by atoms with Gasteiger partial charge in [-0.2, -0.15) is 0 Å². The summed E-state index contributed by atoms with van der Waals surface area (Å²) in [7, 11) is -2.23. The SMILES string of the molecule is CC(C)CCC[C@@H](NC[C@@H](CC(=O)c1cc(C(=O)C[C@H](C)c2ccccc2)cc(N(C)S(C)(=O)=O)c1)Cc1ccccc1)C(O)c1ccccc1. The van der Waals surface area contributed by atoms with E-state index in [2.05, 4.69) is 19.2 Å². The Kier molecular flexibility index (Phi) is 14.7. The van der Waals surface area contributed by atoms with E-state index in [9.17, 15) is 23.1 Å². The van der Waals surface area contributed by atoms with Crippen LogP contribution in [0.5, 0.6) is 0 Å². The van der Waals surface area contributed by atoms with Crippen molar-refractivity contribution in [3.05, 3.63) is 137 Å². The number of nitrogens with one attached hydrogen (secondary N) is 1. The summed E-state index contributed by atoms with van der Waals surface area (Å²) < 4.78 is 26.3. The van der Waals surface area contributed by atoms with Gasteiger partial charge in [0.2, 0.25) is 10.0 Å². The van der Waals surface area contributed by atoms with E-state index in [1.54, 1.807) is 18.2 Å². The standard InChI is InChI=1S/C43H54N2O5S/c1-31(2)16-15-23-40(43(48)36-21-13-8-14-22-36)44-30-34(25-33-17-9-6-10-18-33)26-42(47)38-27-37(28-39(29-38)45(4)51(5,49)50)41(46)24-32(3)35-19-11-7-12-20-35/h6-14,17-22,27-29,31-32,34,40,43-44,48H,15-16,23-26,30H2,1-5H3/t32-,34+,40+,43?/m0/s1. The van der Waals surface area contributed by atoms with Crippen molar-refractivity contribution in [2.45, 2.75) is 77.4 Å². The van der Waals surface area contributed by atoms with Gasteiger partial charge in [-0.05, 0) is 72.0 Å². The molecule has 272 valence electrons. The minimum Gasteiger partial charge on any atom is -0.387 e. The van der Waals surface area contributed by atoms with Gasteiger partial charge in [-0.1, -0.05) is 125 Å². The van der Waals surface area contributed by atoms with Crippen molar-refractivity contribution >= 4 is 27.3 Å². The van der Waals surface area contributed by atoms with Gasteiger partial charge in [0.15, 0.2) is 11.6 Å². The maximum Gasteiger partial charge on any atom is 0.231 e. The first-order chi connectivity index (χ1) is 24.3. The molecule has 4 atom stereocenters. The van der Waals surface area contributed by atoms with E-state index >= 15 is 0 Å². The summed E-state index contributed by atoms with van der Waals surface area (Å²) in [6.07, 6.45) is 4.20. The third-order valence-corrected chi connectivity index (χ3v) is 10.8. The van der Waals surface area contributed by atoms with Crippen molar-refractivity contribution in [3.8, 4) is 0 Å². The number of hydrogen-bond acceptors (Lipinski definition) is 6.